The van der Waals surface area contributed by atoms with E-state index in [0.717, 1.165) is 29.8 Å². The summed E-state index contributed by atoms with van der Waals surface area (Å²) in [6.07, 6.45) is 3.82. The van der Waals surface area contributed by atoms with Crippen LogP contribution in [-0.2, 0) is 0 Å². The minimum Gasteiger partial charge on any atom is -0.368 e. The van der Waals surface area contributed by atoms with E-state index in [1.807, 2.05) is 42.2 Å². The molecular formula is C53H43N3S. The number of nitrogens with zero attached hydrogens (tertiary/aromatic N) is 2. The summed E-state index contributed by atoms with van der Waals surface area (Å²) in [5.74, 6) is 0.737. The van der Waals surface area contributed by atoms with E-state index in [1.54, 1.807) is 0 Å². The number of anilines is 1. The molecule has 9 rings (SSSR count). The number of rotatable bonds is 10. The zero-order valence-corrected chi connectivity index (χ0v) is 32.7. The molecule has 0 saturated carbocycles. The number of para-hydroxylation sites is 1. The SMILES string of the molecule is CCCC(/N=C(\N=C\c1ccccc1)c1ccccc1)c1ccccc1-c1cccc2c(-c3ccccc3-c3ccc(C4Nc5ccccc5S4)cc3)cccc12. The molecule has 1 aliphatic rings. The zero-order valence-electron chi connectivity index (χ0n) is 31.9. The number of benzene rings is 8. The van der Waals surface area contributed by atoms with Gasteiger partial charge in [-0.15, -0.1) is 0 Å². The molecule has 57 heavy (non-hydrogen) atoms. The molecule has 3 nitrogen and oxygen atoms in total. The lowest BCUT2D eigenvalue weighted by atomic mass is 9.87. The highest BCUT2D eigenvalue weighted by atomic mass is 32.2. The molecule has 2 atom stereocenters. The third kappa shape index (κ3) is 7.70. The van der Waals surface area contributed by atoms with Crippen LogP contribution < -0.4 is 5.32 Å². The van der Waals surface area contributed by atoms with Crippen LogP contribution >= 0.6 is 11.8 Å². The van der Waals surface area contributed by atoms with E-state index in [9.17, 15) is 0 Å². The van der Waals surface area contributed by atoms with Crippen molar-refractivity contribution in [1.29, 1.82) is 0 Å². The van der Waals surface area contributed by atoms with Crippen LogP contribution in [-0.4, -0.2) is 12.1 Å². The Morgan fingerprint density at radius 1 is 0.579 bits per heavy atom. The van der Waals surface area contributed by atoms with Crippen molar-refractivity contribution in [2.45, 2.75) is 36.1 Å². The van der Waals surface area contributed by atoms with Gasteiger partial charge in [0.05, 0.1) is 6.04 Å². The average Bonchev–Trinajstić information content (AvgIpc) is 3.72. The molecule has 1 aliphatic heterocycles. The van der Waals surface area contributed by atoms with Crippen molar-refractivity contribution in [3.05, 3.63) is 216 Å². The maximum atomic E-state index is 5.45. The first-order valence-corrected chi connectivity index (χ1v) is 20.7. The second kappa shape index (κ2) is 16.7. The summed E-state index contributed by atoms with van der Waals surface area (Å²) in [5, 5.41) is 6.34. The molecule has 0 spiro atoms. The second-order valence-electron chi connectivity index (χ2n) is 14.4. The maximum absolute atomic E-state index is 5.45. The Balaban J connectivity index is 1.09. The number of thioether (sulfide) groups is 1. The number of aliphatic imine (C=N–C) groups is 2. The first-order chi connectivity index (χ1) is 28.2. The van der Waals surface area contributed by atoms with Crippen LogP contribution in [0.25, 0.3) is 44.2 Å². The molecule has 0 fully saturated rings. The van der Waals surface area contributed by atoms with Gasteiger partial charge in [-0.3, -0.25) is 4.99 Å². The fraction of sp³-hybridized carbons (Fsp3) is 0.0943. The van der Waals surface area contributed by atoms with Crippen molar-refractivity contribution in [3.8, 4) is 33.4 Å². The molecule has 4 heteroatoms. The highest BCUT2D eigenvalue weighted by molar-refractivity contribution is 8.00. The van der Waals surface area contributed by atoms with Crippen molar-refractivity contribution in [2.24, 2.45) is 9.98 Å². The van der Waals surface area contributed by atoms with E-state index in [1.165, 1.54) is 65.9 Å². The van der Waals surface area contributed by atoms with Crippen molar-refractivity contribution >= 4 is 40.3 Å². The monoisotopic (exact) mass is 753 g/mol. The molecule has 0 aromatic heterocycles. The number of amidine groups is 1. The fourth-order valence-electron chi connectivity index (χ4n) is 7.91. The molecule has 276 valence electrons. The normalized spacial score (nSPS) is 14.4. The van der Waals surface area contributed by atoms with Gasteiger partial charge in [0.15, 0.2) is 5.84 Å². The van der Waals surface area contributed by atoms with E-state index in [2.05, 4.69) is 182 Å². The summed E-state index contributed by atoms with van der Waals surface area (Å²) in [7, 11) is 0. The molecule has 0 saturated heterocycles. The number of nitrogens with one attached hydrogen (secondary N) is 1. The summed E-state index contributed by atoms with van der Waals surface area (Å²) in [4.78, 5) is 11.7. The molecule has 1 heterocycles. The lowest BCUT2D eigenvalue weighted by Gasteiger charge is -2.20. The van der Waals surface area contributed by atoms with Crippen molar-refractivity contribution in [1.82, 2.24) is 0 Å². The van der Waals surface area contributed by atoms with Crippen LogP contribution in [0.1, 0.15) is 53.4 Å². The lowest BCUT2D eigenvalue weighted by molar-refractivity contribution is 0.642. The van der Waals surface area contributed by atoms with E-state index in [0.29, 0.717) is 0 Å². The maximum Gasteiger partial charge on any atom is 0.155 e. The largest absolute Gasteiger partial charge is 0.368 e. The first-order valence-electron chi connectivity index (χ1n) is 19.8. The number of hydrogen-bond acceptors (Lipinski definition) is 3. The molecule has 8 aromatic carbocycles. The first kappa shape index (κ1) is 36.2. The van der Waals surface area contributed by atoms with Gasteiger partial charge >= 0.3 is 0 Å². The van der Waals surface area contributed by atoms with Gasteiger partial charge in [0.1, 0.15) is 5.37 Å². The smallest absolute Gasteiger partial charge is 0.155 e. The highest BCUT2D eigenvalue weighted by Crippen LogP contribution is 2.47. The molecule has 0 aliphatic carbocycles. The molecule has 0 amide bonds. The van der Waals surface area contributed by atoms with Crippen molar-refractivity contribution < 1.29 is 0 Å². The average molecular weight is 754 g/mol. The fourth-order valence-corrected chi connectivity index (χ4v) is 9.06. The Kier molecular flexibility index (Phi) is 10.6. The number of hydrogen-bond donors (Lipinski definition) is 1. The van der Waals surface area contributed by atoms with Gasteiger partial charge in [-0.25, -0.2) is 4.99 Å². The van der Waals surface area contributed by atoms with Crippen molar-refractivity contribution in [3.63, 3.8) is 0 Å². The van der Waals surface area contributed by atoms with Gasteiger partial charge in [0.25, 0.3) is 0 Å². The molecule has 0 radical (unpaired) electrons. The minimum absolute atomic E-state index is 0.0801. The Morgan fingerprint density at radius 2 is 1.18 bits per heavy atom. The molecule has 2 unspecified atom stereocenters. The van der Waals surface area contributed by atoms with Crippen LogP contribution in [0.2, 0.25) is 0 Å². The van der Waals surface area contributed by atoms with Gasteiger partial charge < -0.3 is 5.32 Å². The molecule has 8 aromatic rings. The van der Waals surface area contributed by atoms with Gasteiger partial charge in [0.2, 0.25) is 0 Å². The summed E-state index contributed by atoms with van der Waals surface area (Å²) in [5.41, 5.74) is 13.0. The third-order valence-corrected chi connectivity index (χ3v) is 11.9. The van der Waals surface area contributed by atoms with Crippen LogP contribution in [0.5, 0.6) is 0 Å². The van der Waals surface area contributed by atoms with Gasteiger partial charge in [-0.1, -0.05) is 207 Å². The topological polar surface area (TPSA) is 36.8 Å². The zero-order chi connectivity index (χ0) is 38.4. The van der Waals surface area contributed by atoms with Gasteiger partial charge in [-0.2, -0.15) is 0 Å². The van der Waals surface area contributed by atoms with Crippen LogP contribution in [0.15, 0.2) is 209 Å². The minimum atomic E-state index is -0.0801. The third-order valence-electron chi connectivity index (χ3n) is 10.7. The van der Waals surface area contributed by atoms with E-state index in [4.69, 9.17) is 9.98 Å². The van der Waals surface area contributed by atoms with Crippen molar-refractivity contribution in [2.75, 3.05) is 5.32 Å². The quantitative estimate of drug-likeness (QED) is 0.112. The highest BCUT2D eigenvalue weighted by Gasteiger charge is 2.23. The standard InChI is InChI=1S/C53H43N3S/c1-2-17-49(55-52(39-20-7-4-8-21-39)54-36-37-18-5-3-6-19-37)48-25-12-11-24-47(48)46-29-16-27-44-43(26-15-28-45(44)46)42-23-10-9-22-41(42)38-32-34-40(35-33-38)53-56-50-30-13-14-31-51(50)57-53/h3-16,18-36,49,53,56H,2,17H2,1H3/b54-36+,55-52-. The summed E-state index contributed by atoms with van der Waals surface area (Å²) in [6.45, 7) is 2.24. The predicted molar refractivity (Wildman–Crippen MR) is 244 cm³/mol. The van der Waals surface area contributed by atoms with Crippen LogP contribution in [0.4, 0.5) is 5.69 Å². The summed E-state index contributed by atoms with van der Waals surface area (Å²) >= 11 is 1.88. The summed E-state index contributed by atoms with van der Waals surface area (Å²) in [6, 6.07) is 69.2. The Morgan fingerprint density at radius 3 is 1.89 bits per heavy atom. The number of fused-ring (bicyclic) bond motifs is 2. The summed E-state index contributed by atoms with van der Waals surface area (Å²) < 4.78 is 0. The molecule has 1 N–H and O–H groups in total. The Labute approximate surface area is 339 Å². The van der Waals surface area contributed by atoms with Gasteiger partial charge in [-0.05, 0) is 79.4 Å². The second-order valence-corrected chi connectivity index (χ2v) is 15.5. The van der Waals surface area contributed by atoms with E-state index < -0.39 is 0 Å². The Bertz CT molecular complexity index is 2680. The van der Waals surface area contributed by atoms with Crippen LogP contribution in [0.3, 0.4) is 0 Å². The molecule has 0 bridgehead atoms. The van der Waals surface area contributed by atoms with Gasteiger partial charge in [0, 0.05) is 22.4 Å². The predicted octanol–water partition coefficient (Wildman–Crippen LogP) is 14.5. The molecular weight excluding hydrogens is 711 g/mol. The van der Waals surface area contributed by atoms with Crippen LogP contribution in [0, 0.1) is 0 Å². The van der Waals surface area contributed by atoms with E-state index >= 15 is 0 Å². The lowest BCUT2D eigenvalue weighted by Crippen LogP contribution is -2.05. The van der Waals surface area contributed by atoms with E-state index in [-0.39, 0.29) is 11.4 Å². The Hall–Kier alpha value is -6.49.